The number of rotatable bonds is 3. The Balaban J connectivity index is 1.77. The van der Waals surface area contributed by atoms with Gasteiger partial charge in [0.25, 0.3) is 5.91 Å². The summed E-state index contributed by atoms with van der Waals surface area (Å²) in [6.45, 7) is 0. The lowest BCUT2D eigenvalue weighted by Gasteiger charge is -2.08. The highest BCUT2D eigenvalue weighted by atomic mass is 19.4. The van der Waals surface area contributed by atoms with Gasteiger partial charge >= 0.3 is 6.18 Å². The molecule has 0 atom stereocenters. The summed E-state index contributed by atoms with van der Waals surface area (Å²) in [6, 6.07) is 6.65. The summed E-state index contributed by atoms with van der Waals surface area (Å²) in [4.78, 5) is 19.6. The van der Waals surface area contributed by atoms with Crippen LogP contribution in [0.25, 0.3) is 5.82 Å². The average molecular weight is 334 g/mol. The van der Waals surface area contributed by atoms with Gasteiger partial charge in [0.15, 0.2) is 0 Å². The third-order valence-corrected chi connectivity index (χ3v) is 2.96. The molecule has 7 nitrogen and oxygen atoms in total. The molecule has 24 heavy (non-hydrogen) atoms. The van der Waals surface area contributed by atoms with Gasteiger partial charge in [-0.15, -0.1) is 10.2 Å². The van der Waals surface area contributed by atoms with Gasteiger partial charge in [-0.2, -0.15) is 13.2 Å². The van der Waals surface area contributed by atoms with E-state index in [0.717, 1.165) is 18.3 Å². The molecule has 3 rings (SSSR count). The van der Waals surface area contributed by atoms with Gasteiger partial charge < -0.3 is 5.32 Å². The van der Waals surface area contributed by atoms with Crippen molar-refractivity contribution in [3.63, 3.8) is 0 Å². The second kappa shape index (κ2) is 6.07. The van der Waals surface area contributed by atoms with E-state index in [9.17, 15) is 18.0 Å². The maximum Gasteiger partial charge on any atom is 0.433 e. The Kier molecular flexibility index (Phi) is 3.94. The number of aromatic nitrogens is 5. The van der Waals surface area contributed by atoms with Crippen LogP contribution in [0.3, 0.4) is 0 Å². The fraction of sp³-hybridized carbons (Fsp3) is 0.0714. The van der Waals surface area contributed by atoms with E-state index in [-0.39, 0.29) is 11.4 Å². The molecule has 0 radical (unpaired) electrons. The Labute approximate surface area is 133 Å². The van der Waals surface area contributed by atoms with Crippen molar-refractivity contribution in [2.45, 2.75) is 6.18 Å². The van der Waals surface area contributed by atoms with E-state index >= 15 is 0 Å². The predicted octanol–water partition coefficient (Wildman–Crippen LogP) is 2.33. The average Bonchev–Trinajstić information content (AvgIpc) is 3.09. The molecule has 0 unspecified atom stereocenters. The van der Waals surface area contributed by atoms with E-state index < -0.39 is 17.8 Å². The number of amides is 1. The van der Waals surface area contributed by atoms with Crippen LogP contribution < -0.4 is 5.32 Å². The topological polar surface area (TPSA) is 85.6 Å². The Morgan fingerprint density at radius 2 is 1.83 bits per heavy atom. The number of hydrogen-bond acceptors (Lipinski definition) is 5. The lowest BCUT2D eigenvalue weighted by Crippen LogP contribution is -2.15. The minimum atomic E-state index is -4.53. The van der Waals surface area contributed by atoms with Crippen molar-refractivity contribution in [1.29, 1.82) is 0 Å². The van der Waals surface area contributed by atoms with Gasteiger partial charge in [0, 0.05) is 0 Å². The molecule has 0 aliphatic carbocycles. The smallest absolute Gasteiger partial charge is 0.319 e. The molecular weight excluding hydrogens is 325 g/mol. The molecule has 0 aromatic carbocycles. The van der Waals surface area contributed by atoms with Crippen molar-refractivity contribution in [3.05, 3.63) is 60.6 Å². The van der Waals surface area contributed by atoms with Crippen molar-refractivity contribution in [2.75, 3.05) is 5.32 Å². The minimum Gasteiger partial charge on any atom is -0.319 e. The summed E-state index contributed by atoms with van der Waals surface area (Å²) in [5.41, 5.74) is -0.821. The molecule has 10 heteroatoms. The number of nitrogens with zero attached hydrogens (tertiary/aromatic N) is 5. The molecular formula is C14H9F3N6O. The summed E-state index contributed by atoms with van der Waals surface area (Å²) in [5.74, 6) is -0.148. The Bertz CT molecular complexity index is 846. The van der Waals surface area contributed by atoms with Crippen molar-refractivity contribution >= 4 is 11.6 Å². The monoisotopic (exact) mass is 334 g/mol. The molecule has 0 saturated heterocycles. The number of nitrogens with one attached hydrogen (secondary N) is 1. The van der Waals surface area contributed by atoms with E-state index in [4.69, 9.17) is 0 Å². The fourth-order valence-corrected chi connectivity index (χ4v) is 1.84. The molecule has 0 aliphatic heterocycles. The van der Waals surface area contributed by atoms with Gasteiger partial charge in [0.05, 0.1) is 11.9 Å². The van der Waals surface area contributed by atoms with Crippen LogP contribution in [-0.2, 0) is 6.18 Å². The van der Waals surface area contributed by atoms with E-state index in [2.05, 4.69) is 25.5 Å². The van der Waals surface area contributed by atoms with Gasteiger partial charge in [0.2, 0.25) is 0 Å². The van der Waals surface area contributed by atoms with Crippen LogP contribution in [0, 0.1) is 0 Å². The van der Waals surface area contributed by atoms with Crippen molar-refractivity contribution in [1.82, 2.24) is 24.7 Å². The summed E-state index contributed by atoms with van der Waals surface area (Å²) in [6.07, 6.45) is -0.755. The van der Waals surface area contributed by atoms with Crippen LogP contribution in [0.5, 0.6) is 0 Å². The van der Waals surface area contributed by atoms with Gasteiger partial charge in [-0.05, 0) is 24.3 Å². The Hall–Kier alpha value is -3.30. The SMILES string of the molecule is O=C(Nc1ccc(C(F)(F)F)nc1)c1cccc(-n2cnnc2)n1. The third-order valence-electron chi connectivity index (χ3n) is 2.96. The van der Waals surface area contributed by atoms with E-state index in [1.54, 1.807) is 12.1 Å². The first-order valence-electron chi connectivity index (χ1n) is 6.60. The maximum absolute atomic E-state index is 12.5. The predicted molar refractivity (Wildman–Crippen MR) is 76.3 cm³/mol. The van der Waals surface area contributed by atoms with E-state index in [1.807, 2.05) is 0 Å². The number of pyridine rings is 2. The molecule has 0 bridgehead atoms. The third kappa shape index (κ3) is 3.37. The highest BCUT2D eigenvalue weighted by Crippen LogP contribution is 2.27. The normalized spacial score (nSPS) is 11.3. The van der Waals surface area contributed by atoms with Crippen LogP contribution in [0.1, 0.15) is 16.2 Å². The number of anilines is 1. The molecule has 3 aromatic rings. The Morgan fingerprint density at radius 3 is 2.46 bits per heavy atom. The number of carbonyl (C=O) groups excluding carboxylic acids is 1. The van der Waals surface area contributed by atoms with Crippen molar-refractivity contribution in [2.24, 2.45) is 0 Å². The quantitative estimate of drug-likeness (QED) is 0.794. The molecule has 3 heterocycles. The second-order valence-electron chi connectivity index (χ2n) is 4.63. The molecule has 0 aliphatic rings. The number of halogens is 3. The van der Waals surface area contributed by atoms with Gasteiger partial charge in [-0.25, -0.2) is 9.97 Å². The number of carbonyl (C=O) groups is 1. The minimum absolute atomic E-state index is 0.0843. The van der Waals surface area contributed by atoms with E-state index in [1.165, 1.54) is 23.3 Å². The first-order chi connectivity index (χ1) is 11.4. The molecule has 1 N–H and O–H groups in total. The lowest BCUT2D eigenvalue weighted by molar-refractivity contribution is -0.141. The van der Waals surface area contributed by atoms with Crippen LogP contribution in [-0.4, -0.2) is 30.6 Å². The van der Waals surface area contributed by atoms with Crippen molar-refractivity contribution < 1.29 is 18.0 Å². The molecule has 0 spiro atoms. The zero-order chi connectivity index (χ0) is 17.2. The molecule has 0 saturated carbocycles. The van der Waals surface area contributed by atoms with Crippen LogP contribution in [0.4, 0.5) is 18.9 Å². The van der Waals surface area contributed by atoms with E-state index in [0.29, 0.717) is 5.82 Å². The number of alkyl halides is 3. The highest BCUT2D eigenvalue weighted by molar-refractivity contribution is 6.02. The van der Waals surface area contributed by atoms with Crippen LogP contribution >= 0.6 is 0 Å². The number of hydrogen-bond donors (Lipinski definition) is 1. The summed E-state index contributed by atoms with van der Waals surface area (Å²) in [5, 5.41) is 9.72. The molecule has 3 aromatic heterocycles. The second-order valence-corrected chi connectivity index (χ2v) is 4.63. The summed E-state index contributed by atoms with van der Waals surface area (Å²) in [7, 11) is 0. The Morgan fingerprint density at radius 1 is 1.08 bits per heavy atom. The molecule has 0 fully saturated rings. The standard InChI is InChI=1S/C14H9F3N6O/c15-14(16,17)11-5-4-9(6-18-11)21-13(24)10-2-1-3-12(22-10)23-7-19-20-8-23/h1-8H,(H,21,24). The molecule has 1 amide bonds. The van der Waals surface area contributed by atoms with Gasteiger partial charge in [-0.1, -0.05) is 6.07 Å². The molecule has 122 valence electrons. The van der Waals surface area contributed by atoms with Crippen molar-refractivity contribution in [3.8, 4) is 5.82 Å². The highest BCUT2D eigenvalue weighted by Gasteiger charge is 2.32. The van der Waals surface area contributed by atoms with Crippen LogP contribution in [0.2, 0.25) is 0 Å². The largest absolute Gasteiger partial charge is 0.433 e. The zero-order valence-electron chi connectivity index (χ0n) is 11.9. The van der Waals surface area contributed by atoms with Crippen LogP contribution in [0.15, 0.2) is 49.2 Å². The summed E-state index contributed by atoms with van der Waals surface area (Å²) >= 11 is 0. The zero-order valence-corrected chi connectivity index (χ0v) is 11.9. The first kappa shape index (κ1) is 15.6. The fourth-order valence-electron chi connectivity index (χ4n) is 1.84. The maximum atomic E-state index is 12.5. The summed E-state index contributed by atoms with van der Waals surface area (Å²) < 4.78 is 38.9. The van der Waals surface area contributed by atoms with Gasteiger partial charge in [-0.3, -0.25) is 9.36 Å². The first-order valence-corrected chi connectivity index (χ1v) is 6.60. The van der Waals surface area contributed by atoms with Gasteiger partial charge in [0.1, 0.15) is 29.9 Å². The lowest BCUT2D eigenvalue weighted by atomic mass is 10.3.